The molecule has 4 nitrogen and oxygen atoms in total. The van der Waals surface area contributed by atoms with Gasteiger partial charge in [0.15, 0.2) is 11.5 Å². The number of halogens is 4. The van der Waals surface area contributed by atoms with E-state index < -0.39 is 0 Å². The van der Waals surface area contributed by atoms with Gasteiger partial charge < -0.3 is 14.2 Å². The van der Waals surface area contributed by atoms with Crippen LogP contribution < -0.4 is 14.2 Å². The molecule has 2 aromatic rings. The highest BCUT2D eigenvalue weighted by molar-refractivity contribution is 6.55. The first kappa shape index (κ1) is 23.7. The van der Waals surface area contributed by atoms with Crippen molar-refractivity contribution in [2.24, 2.45) is 0 Å². The lowest BCUT2D eigenvalue weighted by molar-refractivity contribution is 0.101. The standard InChI is InChI=1S/C21H20Cl4O4/c1-14(26)15-4-6-16(7-5-15)27-9-2-3-10-29-21-18(22)12-17(13-19(21)23)28-11-8-20(24)25/h4-8,12-13H,2-3,9-11H2,1H3. The summed E-state index contributed by atoms with van der Waals surface area (Å²) in [5.41, 5.74) is 0.662. The van der Waals surface area contributed by atoms with Crippen molar-refractivity contribution >= 4 is 52.2 Å². The molecule has 8 heteroatoms. The van der Waals surface area contributed by atoms with Crippen LogP contribution in [0, 0.1) is 0 Å². The third kappa shape index (κ3) is 8.35. The second-order valence-electron chi connectivity index (χ2n) is 6.01. The highest BCUT2D eigenvalue weighted by Crippen LogP contribution is 2.37. The first-order valence-corrected chi connectivity index (χ1v) is 10.4. The molecular formula is C21H20Cl4O4. The van der Waals surface area contributed by atoms with Gasteiger partial charge in [-0.15, -0.1) is 0 Å². The number of rotatable bonds is 11. The van der Waals surface area contributed by atoms with Gasteiger partial charge in [0.1, 0.15) is 22.6 Å². The Kier molecular flexibility index (Phi) is 9.95. The summed E-state index contributed by atoms with van der Waals surface area (Å²) in [5.74, 6) is 1.65. The van der Waals surface area contributed by atoms with E-state index in [1.165, 1.54) is 13.0 Å². The number of unbranched alkanes of at least 4 members (excludes halogenated alkanes) is 1. The van der Waals surface area contributed by atoms with Gasteiger partial charge >= 0.3 is 0 Å². The van der Waals surface area contributed by atoms with Crippen LogP contribution in [-0.4, -0.2) is 25.6 Å². The molecule has 0 aliphatic heterocycles. The highest BCUT2D eigenvalue weighted by Gasteiger charge is 2.10. The summed E-state index contributed by atoms with van der Waals surface area (Å²) < 4.78 is 16.9. The number of carbonyl (C=O) groups excluding carboxylic acids is 1. The Labute approximate surface area is 190 Å². The number of hydrogen-bond donors (Lipinski definition) is 0. The fourth-order valence-electron chi connectivity index (χ4n) is 2.31. The summed E-state index contributed by atoms with van der Waals surface area (Å²) in [4.78, 5) is 11.3. The molecule has 0 N–H and O–H groups in total. The van der Waals surface area contributed by atoms with Crippen LogP contribution in [-0.2, 0) is 0 Å². The Morgan fingerprint density at radius 2 is 1.48 bits per heavy atom. The monoisotopic (exact) mass is 476 g/mol. The van der Waals surface area contributed by atoms with Crippen molar-refractivity contribution in [1.29, 1.82) is 0 Å². The molecule has 0 heterocycles. The molecule has 0 unspecified atom stereocenters. The summed E-state index contributed by atoms with van der Waals surface area (Å²) >= 11 is 23.5. The van der Waals surface area contributed by atoms with Crippen LogP contribution >= 0.6 is 46.4 Å². The van der Waals surface area contributed by atoms with E-state index >= 15 is 0 Å². The predicted molar refractivity (Wildman–Crippen MR) is 118 cm³/mol. The van der Waals surface area contributed by atoms with Crippen LogP contribution in [0.2, 0.25) is 10.0 Å². The molecule has 0 spiro atoms. The molecule has 0 saturated heterocycles. The maximum absolute atomic E-state index is 11.3. The smallest absolute Gasteiger partial charge is 0.159 e. The zero-order valence-corrected chi connectivity index (χ0v) is 18.7. The average molecular weight is 478 g/mol. The molecule has 0 radical (unpaired) electrons. The minimum atomic E-state index is 0.0297. The Balaban J connectivity index is 1.73. The van der Waals surface area contributed by atoms with Gasteiger partial charge in [-0.3, -0.25) is 4.79 Å². The van der Waals surface area contributed by atoms with Crippen LogP contribution in [0.5, 0.6) is 17.2 Å². The van der Waals surface area contributed by atoms with Crippen molar-refractivity contribution < 1.29 is 19.0 Å². The maximum Gasteiger partial charge on any atom is 0.159 e. The molecule has 156 valence electrons. The Morgan fingerprint density at radius 1 is 0.897 bits per heavy atom. The third-order valence-electron chi connectivity index (χ3n) is 3.77. The van der Waals surface area contributed by atoms with Gasteiger partial charge in [-0.05, 0) is 50.1 Å². The fraction of sp³-hybridized carbons (Fsp3) is 0.286. The Bertz CT molecular complexity index is 823. The highest BCUT2D eigenvalue weighted by atomic mass is 35.5. The van der Waals surface area contributed by atoms with E-state index in [9.17, 15) is 4.79 Å². The van der Waals surface area contributed by atoms with E-state index in [1.807, 2.05) is 0 Å². The normalized spacial score (nSPS) is 10.4. The lowest BCUT2D eigenvalue weighted by atomic mass is 10.1. The molecule has 29 heavy (non-hydrogen) atoms. The van der Waals surface area contributed by atoms with Gasteiger partial charge in [0.05, 0.1) is 23.3 Å². The summed E-state index contributed by atoms with van der Waals surface area (Å²) in [7, 11) is 0. The van der Waals surface area contributed by atoms with Gasteiger partial charge in [0, 0.05) is 17.7 Å². The van der Waals surface area contributed by atoms with Gasteiger partial charge in [0.2, 0.25) is 0 Å². The number of hydrogen-bond acceptors (Lipinski definition) is 4. The lowest BCUT2D eigenvalue weighted by Crippen LogP contribution is -2.03. The van der Waals surface area contributed by atoms with Crippen LogP contribution in [0.4, 0.5) is 0 Å². The first-order valence-electron chi connectivity index (χ1n) is 8.86. The predicted octanol–water partition coefficient (Wildman–Crippen LogP) is 7.13. The molecule has 0 bridgehead atoms. The SMILES string of the molecule is CC(=O)c1ccc(OCCCCOc2c(Cl)cc(OCC=C(Cl)Cl)cc2Cl)cc1. The summed E-state index contributed by atoms with van der Waals surface area (Å²) in [6, 6.07) is 10.3. The summed E-state index contributed by atoms with van der Waals surface area (Å²) in [6.45, 7) is 2.71. The quantitative estimate of drug-likeness (QED) is 0.255. The van der Waals surface area contributed by atoms with Crippen LogP contribution in [0.25, 0.3) is 0 Å². The molecule has 0 fully saturated rings. The van der Waals surface area contributed by atoms with E-state index in [2.05, 4.69) is 0 Å². The first-order chi connectivity index (χ1) is 13.9. The topological polar surface area (TPSA) is 44.8 Å². The van der Waals surface area contributed by atoms with E-state index in [0.717, 1.165) is 18.6 Å². The van der Waals surface area contributed by atoms with Gasteiger partial charge in [-0.25, -0.2) is 0 Å². The zero-order chi connectivity index (χ0) is 21.2. The van der Waals surface area contributed by atoms with Crippen molar-refractivity contribution in [1.82, 2.24) is 0 Å². The number of benzene rings is 2. The number of ether oxygens (including phenoxy) is 3. The van der Waals surface area contributed by atoms with E-state index in [-0.39, 0.29) is 16.9 Å². The molecule has 0 atom stereocenters. The maximum atomic E-state index is 11.3. The van der Waals surface area contributed by atoms with Crippen LogP contribution in [0.1, 0.15) is 30.1 Å². The summed E-state index contributed by atoms with van der Waals surface area (Å²) in [5, 5.41) is 0.713. The molecule has 0 amide bonds. The van der Waals surface area contributed by atoms with E-state index in [0.29, 0.717) is 40.3 Å². The largest absolute Gasteiger partial charge is 0.494 e. The molecule has 2 rings (SSSR count). The second-order valence-corrected chi connectivity index (χ2v) is 7.83. The molecule has 2 aromatic carbocycles. The third-order valence-corrected chi connectivity index (χ3v) is 4.64. The second kappa shape index (κ2) is 12.2. The van der Waals surface area contributed by atoms with Crippen molar-refractivity contribution in [2.45, 2.75) is 19.8 Å². The molecule has 0 aromatic heterocycles. The van der Waals surface area contributed by atoms with Gasteiger partial charge in [-0.2, -0.15) is 0 Å². The fourth-order valence-corrected chi connectivity index (χ4v) is 3.02. The minimum absolute atomic E-state index is 0.0297. The molecular weight excluding hydrogens is 458 g/mol. The van der Waals surface area contributed by atoms with Crippen molar-refractivity contribution in [2.75, 3.05) is 19.8 Å². The van der Waals surface area contributed by atoms with Crippen molar-refractivity contribution in [3.05, 3.63) is 62.6 Å². The van der Waals surface area contributed by atoms with Crippen molar-refractivity contribution in [3.63, 3.8) is 0 Å². The van der Waals surface area contributed by atoms with Crippen LogP contribution in [0.3, 0.4) is 0 Å². The molecule has 0 aliphatic rings. The van der Waals surface area contributed by atoms with Crippen LogP contribution in [0.15, 0.2) is 47.0 Å². The number of ketones is 1. The molecule has 0 aliphatic carbocycles. The van der Waals surface area contributed by atoms with E-state index in [4.69, 9.17) is 60.6 Å². The van der Waals surface area contributed by atoms with Gasteiger partial charge in [0.25, 0.3) is 0 Å². The minimum Gasteiger partial charge on any atom is -0.494 e. The molecule has 0 saturated carbocycles. The number of Topliss-reactive ketones (excluding diaryl/α,β-unsaturated/α-hetero) is 1. The Hall–Kier alpha value is -1.59. The summed E-state index contributed by atoms with van der Waals surface area (Å²) in [6.07, 6.45) is 3.06. The van der Waals surface area contributed by atoms with E-state index in [1.54, 1.807) is 36.4 Å². The Morgan fingerprint density at radius 3 is 2.03 bits per heavy atom. The van der Waals surface area contributed by atoms with Gasteiger partial charge in [-0.1, -0.05) is 46.4 Å². The average Bonchev–Trinajstić information content (AvgIpc) is 2.66. The lowest BCUT2D eigenvalue weighted by Gasteiger charge is -2.12. The zero-order valence-electron chi connectivity index (χ0n) is 15.7. The number of carbonyl (C=O) groups is 1. The van der Waals surface area contributed by atoms with Crippen molar-refractivity contribution in [3.8, 4) is 17.2 Å².